The van der Waals surface area contributed by atoms with Crippen molar-refractivity contribution in [2.24, 2.45) is 0 Å². The highest BCUT2D eigenvalue weighted by atomic mass is 32.2. The summed E-state index contributed by atoms with van der Waals surface area (Å²) < 4.78 is 0. The molecule has 17 heavy (non-hydrogen) atoms. The largest absolute Gasteiger partial charge is 0.381 e. The molecule has 1 aromatic carbocycles. The van der Waals surface area contributed by atoms with Crippen molar-refractivity contribution in [2.45, 2.75) is 9.92 Å². The Hall–Kier alpha value is -2.15. The molecule has 0 fully saturated rings. The molecule has 0 radical (unpaired) electrons. The maximum absolute atomic E-state index is 10.5. The van der Waals surface area contributed by atoms with Gasteiger partial charge in [0, 0.05) is 29.4 Å². The summed E-state index contributed by atoms with van der Waals surface area (Å²) in [5, 5.41) is 11.1. The van der Waals surface area contributed by atoms with Crippen molar-refractivity contribution >= 4 is 23.3 Å². The van der Waals surface area contributed by atoms with Gasteiger partial charge in [0.1, 0.15) is 5.03 Å². The molecule has 2 aromatic rings. The van der Waals surface area contributed by atoms with Gasteiger partial charge in [-0.3, -0.25) is 10.1 Å². The number of nitro benzene ring substituents is 1. The second-order valence-corrected chi connectivity index (χ2v) is 4.16. The van der Waals surface area contributed by atoms with E-state index in [9.17, 15) is 10.1 Å². The minimum atomic E-state index is -0.439. The van der Waals surface area contributed by atoms with Crippen LogP contribution in [-0.2, 0) is 0 Å². The van der Waals surface area contributed by atoms with Gasteiger partial charge in [-0.25, -0.2) is 9.97 Å². The van der Waals surface area contributed by atoms with Crippen LogP contribution in [0.2, 0.25) is 0 Å². The van der Waals surface area contributed by atoms with E-state index in [1.807, 2.05) is 0 Å². The van der Waals surface area contributed by atoms with Gasteiger partial charge in [-0.2, -0.15) is 0 Å². The van der Waals surface area contributed by atoms with Gasteiger partial charge in [-0.1, -0.05) is 11.8 Å². The molecule has 1 aromatic heterocycles. The van der Waals surface area contributed by atoms with Gasteiger partial charge in [0.15, 0.2) is 5.82 Å². The number of rotatable bonds is 3. The van der Waals surface area contributed by atoms with Crippen LogP contribution in [-0.4, -0.2) is 14.9 Å². The van der Waals surface area contributed by atoms with Crippen LogP contribution in [0, 0.1) is 10.1 Å². The third kappa shape index (κ3) is 2.70. The first kappa shape index (κ1) is 11.3. The zero-order chi connectivity index (χ0) is 12.3. The zero-order valence-corrected chi connectivity index (χ0v) is 9.42. The number of anilines is 1. The van der Waals surface area contributed by atoms with Crippen LogP contribution < -0.4 is 5.73 Å². The van der Waals surface area contributed by atoms with Crippen molar-refractivity contribution < 1.29 is 4.92 Å². The number of non-ortho nitro benzene ring substituents is 1. The normalized spacial score (nSPS) is 10.1. The monoisotopic (exact) mass is 248 g/mol. The zero-order valence-electron chi connectivity index (χ0n) is 8.61. The first-order valence-corrected chi connectivity index (χ1v) is 5.47. The number of benzene rings is 1. The van der Waals surface area contributed by atoms with Crippen LogP contribution in [0.4, 0.5) is 11.5 Å². The van der Waals surface area contributed by atoms with Gasteiger partial charge >= 0.3 is 0 Å². The molecule has 2 N–H and O–H groups in total. The summed E-state index contributed by atoms with van der Waals surface area (Å²) in [5.74, 6) is 0.343. The molecule has 0 amide bonds. The lowest BCUT2D eigenvalue weighted by Crippen LogP contribution is -1.94. The summed E-state index contributed by atoms with van der Waals surface area (Å²) in [6.45, 7) is 0. The van der Waals surface area contributed by atoms with E-state index < -0.39 is 4.92 Å². The van der Waals surface area contributed by atoms with Crippen LogP contribution in [0.15, 0.2) is 46.6 Å². The summed E-state index contributed by atoms with van der Waals surface area (Å²) in [4.78, 5) is 18.8. The van der Waals surface area contributed by atoms with E-state index in [0.29, 0.717) is 10.8 Å². The van der Waals surface area contributed by atoms with Crippen molar-refractivity contribution in [3.63, 3.8) is 0 Å². The quantitative estimate of drug-likeness (QED) is 0.660. The smallest absolute Gasteiger partial charge is 0.269 e. The maximum atomic E-state index is 10.5. The molecule has 0 aliphatic heterocycles. The van der Waals surface area contributed by atoms with Crippen molar-refractivity contribution in [1.29, 1.82) is 0 Å². The fraction of sp³-hybridized carbons (Fsp3) is 0. The Balaban J connectivity index is 2.20. The van der Waals surface area contributed by atoms with E-state index in [4.69, 9.17) is 5.73 Å². The molecule has 7 heteroatoms. The number of hydrogen-bond donors (Lipinski definition) is 1. The maximum Gasteiger partial charge on any atom is 0.269 e. The molecule has 0 unspecified atom stereocenters. The minimum absolute atomic E-state index is 0.0569. The molecular formula is C10H8N4O2S. The molecule has 0 aliphatic rings. The Morgan fingerprint density at radius 3 is 2.41 bits per heavy atom. The van der Waals surface area contributed by atoms with Gasteiger partial charge in [-0.05, 0) is 12.1 Å². The Bertz CT molecular complexity index is 544. The highest BCUT2D eigenvalue weighted by Crippen LogP contribution is 2.29. The van der Waals surface area contributed by atoms with Gasteiger partial charge in [0.25, 0.3) is 5.69 Å². The summed E-state index contributed by atoms with van der Waals surface area (Å²) in [7, 11) is 0. The van der Waals surface area contributed by atoms with Gasteiger partial charge in [-0.15, -0.1) is 0 Å². The lowest BCUT2D eigenvalue weighted by atomic mass is 10.3. The molecule has 6 nitrogen and oxygen atoms in total. The molecular weight excluding hydrogens is 240 g/mol. The predicted molar refractivity (Wildman–Crippen MR) is 63.7 cm³/mol. The molecule has 86 valence electrons. The number of nitrogens with zero attached hydrogens (tertiary/aromatic N) is 3. The first-order valence-electron chi connectivity index (χ1n) is 4.65. The number of aromatic nitrogens is 2. The molecule has 0 aliphatic carbocycles. The molecule has 1 heterocycles. The van der Waals surface area contributed by atoms with Crippen molar-refractivity contribution in [3.8, 4) is 0 Å². The summed E-state index contributed by atoms with van der Waals surface area (Å²) in [6, 6.07) is 6.18. The lowest BCUT2D eigenvalue weighted by molar-refractivity contribution is -0.384. The van der Waals surface area contributed by atoms with Crippen molar-refractivity contribution in [2.75, 3.05) is 5.73 Å². The van der Waals surface area contributed by atoms with Gasteiger partial charge in [0.05, 0.1) is 4.92 Å². The van der Waals surface area contributed by atoms with E-state index in [0.717, 1.165) is 4.90 Å². The number of nitrogens with two attached hydrogens (primary N) is 1. The van der Waals surface area contributed by atoms with E-state index in [1.165, 1.54) is 30.1 Å². The van der Waals surface area contributed by atoms with E-state index in [-0.39, 0.29) is 5.69 Å². The molecule has 0 bridgehead atoms. The third-order valence-corrected chi connectivity index (χ3v) is 2.97. The van der Waals surface area contributed by atoms with Gasteiger partial charge < -0.3 is 5.73 Å². The number of hydrogen-bond acceptors (Lipinski definition) is 6. The number of nitro groups is 1. The van der Waals surface area contributed by atoms with Gasteiger partial charge in [0.2, 0.25) is 0 Å². The minimum Gasteiger partial charge on any atom is -0.381 e. The van der Waals surface area contributed by atoms with E-state index in [2.05, 4.69) is 9.97 Å². The van der Waals surface area contributed by atoms with Crippen molar-refractivity contribution in [1.82, 2.24) is 9.97 Å². The molecule has 0 saturated carbocycles. The summed E-state index contributed by atoms with van der Waals surface area (Å²) in [6.07, 6.45) is 3.05. The highest BCUT2D eigenvalue weighted by Gasteiger charge is 2.07. The summed E-state index contributed by atoms with van der Waals surface area (Å²) in [5.41, 5.74) is 5.70. The second kappa shape index (κ2) is 4.79. The van der Waals surface area contributed by atoms with E-state index >= 15 is 0 Å². The van der Waals surface area contributed by atoms with E-state index in [1.54, 1.807) is 18.3 Å². The fourth-order valence-electron chi connectivity index (χ4n) is 1.16. The lowest BCUT2D eigenvalue weighted by Gasteiger charge is -2.02. The SMILES string of the molecule is Nc1nccnc1Sc1ccc([N+](=O)[O-])cc1. The molecule has 2 rings (SSSR count). The Morgan fingerprint density at radius 1 is 1.18 bits per heavy atom. The molecule has 0 saturated heterocycles. The standard InChI is InChI=1S/C10H8N4O2S/c11-9-10(13-6-5-12-9)17-8-3-1-7(2-4-8)14(15)16/h1-6H,(H2,11,12). The Labute approximate surface area is 101 Å². The average Bonchev–Trinajstić information content (AvgIpc) is 2.33. The van der Waals surface area contributed by atoms with Crippen molar-refractivity contribution in [3.05, 3.63) is 46.8 Å². The topological polar surface area (TPSA) is 94.9 Å². The van der Waals surface area contributed by atoms with Crippen LogP contribution >= 0.6 is 11.8 Å². The molecule has 0 spiro atoms. The first-order chi connectivity index (χ1) is 8.16. The van der Waals surface area contributed by atoms with Crippen LogP contribution in [0.3, 0.4) is 0 Å². The number of nitrogen functional groups attached to an aromatic ring is 1. The fourth-order valence-corrected chi connectivity index (χ4v) is 1.93. The molecule has 0 atom stereocenters. The Morgan fingerprint density at radius 2 is 1.82 bits per heavy atom. The van der Waals surface area contributed by atoms with Crippen LogP contribution in [0.1, 0.15) is 0 Å². The summed E-state index contributed by atoms with van der Waals surface area (Å²) >= 11 is 1.31. The average molecular weight is 248 g/mol. The predicted octanol–water partition coefficient (Wildman–Crippen LogP) is 2.12. The third-order valence-electron chi connectivity index (χ3n) is 1.95. The Kier molecular flexibility index (Phi) is 3.20. The highest BCUT2D eigenvalue weighted by molar-refractivity contribution is 7.99. The van der Waals surface area contributed by atoms with Crippen LogP contribution in [0.25, 0.3) is 0 Å². The van der Waals surface area contributed by atoms with Crippen LogP contribution in [0.5, 0.6) is 0 Å². The second-order valence-electron chi connectivity index (χ2n) is 3.10.